The lowest BCUT2D eigenvalue weighted by Gasteiger charge is -2.17. The number of carbonyl (C=O) groups is 1. The van der Waals surface area contributed by atoms with Crippen molar-refractivity contribution < 1.29 is 19.0 Å². The van der Waals surface area contributed by atoms with Crippen LogP contribution in [-0.4, -0.2) is 67.8 Å². The number of carbonyl (C=O) groups excluding carboxylic acids is 1. The van der Waals surface area contributed by atoms with Crippen LogP contribution in [0.1, 0.15) is 11.6 Å². The van der Waals surface area contributed by atoms with Crippen molar-refractivity contribution in [1.82, 2.24) is 35.5 Å². The number of hydrogen-bond donors (Lipinski definition) is 1. The van der Waals surface area contributed by atoms with Crippen molar-refractivity contribution in [2.45, 2.75) is 41.2 Å². The minimum atomic E-state index is -0.509. The Kier molecular flexibility index (Phi) is 5.74. The summed E-state index contributed by atoms with van der Waals surface area (Å²) in [4.78, 5) is 20.6. The second-order valence-electron chi connectivity index (χ2n) is 6.99. The summed E-state index contributed by atoms with van der Waals surface area (Å²) in [6, 6.07) is 11.1. The van der Waals surface area contributed by atoms with Crippen molar-refractivity contribution in [1.29, 1.82) is 0 Å². The minimum absolute atomic E-state index is 0.243. The fourth-order valence-electron chi connectivity index (χ4n) is 3.58. The van der Waals surface area contributed by atoms with Gasteiger partial charge in [0.15, 0.2) is 11.3 Å². The van der Waals surface area contributed by atoms with E-state index in [1.54, 1.807) is 23.1 Å². The molecule has 2 fully saturated rings. The molecule has 0 aliphatic carbocycles. The lowest BCUT2D eigenvalue weighted by Crippen LogP contribution is -2.37. The Balaban J connectivity index is 1.20. The van der Waals surface area contributed by atoms with Crippen LogP contribution in [0.5, 0.6) is 0 Å². The summed E-state index contributed by atoms with van der Waals surface area (Å²) in [6.07, 6.45) is 1.58. The van der Waals surface area contributed by atoms with Crippen LogP contribution in [0.25, 0.3) is 0 Å². The molecule has 2 aliphatic heterocycles. The van der Waals surface area contributed by atoms with Crippen LogP contribution >= 0.6 is 11.8 Å². The van der Waals surface area contributed by atoms with Crippen molar-refractivity contribution in [2.75, 3.05) is 13.2 Å². The molecule has 11 nitrogen and oxygen atoms in total. The van der Waals surface area contributed by atoms with Crippen LogP contribution in [0, 0.1) is 0 Å². The lowest BCUT2D eigenvalue weighted by molar-refractivity contribution is 0.00268. The fraction of sp³-hybridized carbons (Fsp3) is 0.368. The van der Waals surface area contributed by atoms with E-state index >= 15 is 0 Å². The maximum Gasteiger partial charge on any atom is 0.407 e. The van der Waals surface area contributed by atoms with Gasteiger partial charge in [-0.1, -0.05) is 30.3 Å². The van der Waals surface area contributed by atoms with Gasteiger partial charge in [0.25, 0.3) is 0 Å². The maximum absolute atomic E-state index is 12.2. The third kappa shape index (κ3) is 4.36. The van der Waals surface area contributed by atoms with Gasteiger partial charge in [-0.25, -0.2) is 19.4 Å². The number of ether oxygens (including phenoxy) is 3. The van der Waals surface area contributed by atoms with Crippen molar-refractivity contribution in [3.8, 4) is 0 Å². The maximum atomic E-state index is 12.2. The average molecular weight is 441 g/mol. The molecule has 0 unspecified atom stereocenters. The molecule has 0 spiro atoms. The van der Waals surface area contributed by atoms with Crippen LogP contribution in [0.4, 0.5) is 4.79 Å². The molecule has 2 aliphatic rings. The van der Waals surface area contributed by atoms with Gasteiger partial charge in [0.2, 0.25) is 5.16 Å². The zero-order chi connectivity index (χ0) is 21.0. The first kappa shape index (κ1) is 19.8. The first-order valence-corrected chi connectivity index (χ1v) is 10.5. The summed E-state index contributed by atoms with van der Waals surface area (Å²) >= 11 is 1.26. The van der Waals surface area contributed by atoms with Gasteiger partial charge in [0.05, 0.1) is 13.2 Å². The molecule has 12 heteroatoms. The highest BCUT2D eigenvalue weighted by Crippen LogP contribution is 2.37. The molecular formula is C19H19N7O4S. The highest BCUT2D eigenvalue weighted by molar-refractivity contribution is 7.99. The van der Waals surface area contributed by atoms with Gasteiger partial charge in [-0.15, -0.1) is 5.10 Å². The van der Waals surface area contributed by atoms with Crippen LogP contribution in [0.2, 0.25) is 0 Å². The number of hydrogen-bond acceptors (Lipinski definition) is 10. The Morgan fingerprint density at radius 3 is 2.77 bits per heavy atom. The molecule has 0 saturated carbocycles. The molecule has 1 amide bonds. The van der Waals surface area contributed by atoms with Crippen LogP contribution in [0.15, 0.2) is 59.1 Å². The van der Waals surface area contributed by atoms with Crippen molar-refractivity contribution >= 4 is 17.9 Å². The van der Waals surface area contributed by atoms with E-state index in [0.29, 0.717) is 23.5 Å². The Morgan fingerprint density at radius 1 is 1.13 bits per heavy atom. The molecule has 2 saturated heterocycles. The number of tetrazole rings is 1. The molecule has 4 atom stereocenters. The average Bonchev–Trinajstić information content (AvgIpc) is 3.52. The number of nitrogens with one attached hydrogen (secondary N) is 1. The molecule has 4 heterocycles. The molecular weight excluding hydrogens is 422 g/mol. The largest absolute Gasteiger partial charge is 0.441 e. The molecule has 2 aromatic heterocycles. The number of fused-ring (bicyclic) bond motifs is 1. The van der Waals surface area contributed by atoms with Gasteiger partial charge in [-0.3, -0.25) is 0 Å². The van der Waals surface area contributed by atoms with Gasteiger partial charge in [0, 0.05) is 18.9 Å². The van der Waals surface area contributed by atoms with Gasteiger partial charge in [-0.2, -0.15) is 0 Å². The molecule has 160 valence electrons. The number of nitrogens with zero attached hydrogens (tertiary/aromatic N) is 6. The lowest BCUT2D eigenvalue weighted by atomic mass is 10.1. The zero-order valence-corrected chi connectivity index (χ0v) is 17.1. The predicted molar refractivity (Wildman–Crippen MR) is 106 cm³/mol. The topological polar surface area (TPSA) is 126 Å². The Labute approximate surface area is 181 Å². The smallest absolute Gasteiger partial charge is 0.407 e. The molecule has 3 aromatic rings. The van der Waals surface area contributed by atoms with Crippen molar-refractivity contribution in [3.63, 3.8) is 0 Å². The van der Waals surface area contributed by atoms with Crippen molar-refractivity contribution in [2.24, 2.45) is 0 Å². The summed E-state index contributed by atoms with van der Waals surface area (Å²) < 4.78 is 19.0. The second-order valence-corrected chi connectivity index (χ2v) is 7.92. The minimum Gasteiger partial charge on any atom is -0.441 e. The summed E-state index contributed by atoms with van der Waals surface area (Å²) in [5.74, 6) is 0. The third-order valence-electron chi connectivity index (χ3n) is 5.02. The normalized spacial score (nSPS) is 24.6. The fourth-order valence-corrected chi connectivity index (χ4v) is 4.32. The molecule has 1 N–H and O–H groups in total. The van der Waals surface area contributed by atoms with E-state index < -0.39 is 12.2 Å². The summed E-state index contributed by atoms with van der Waals surface area (Å²) in [5.41, 5.74) is 0.989. The predicted octanol–water partition coefficient (Wildman–Crippen LogP) is 1.25. The van der Waals surface area contributed by atoms with Gasteiger partial charge in [0.1, 0.15) is 18.2 Å². The molecule has 0 bridgehead atoms. The molecule has 0 radical (unpaired) electrons. The van der Waals surface area contributed by atoms with Gasteiger partial charge in [-0.05, 0) is 33.8 Å². The quantitative estimate of drug-likeness (QED) is 0.558. The van der Waals surface area contributed by atoms with E-state index in [1.165, 1.54) is 11.8 Å². The molecule has 1 aromatic carbocycles. The molecule has 31 heavy (non-hydrogen) atoms. The standard InChI is InChI=1S/C19H19N7O4S/c27-19(22-9-12-5-2-1-3-6-12)30-14-11-29-15-13(10-28-16(14)15)26-18(23-24-25-26)31-17-20-7-4-8-21-17/h1-8,13-16H,9-11H2,(H,22,27)/t13-,14-,15-,16+/m0/s1. The van der Waals surface area contributed by atoms with Crippen LogP contribution in [-0.2, 0) is 20.8 Å². The summed E-state index contributed by atoms with van der Waals surface area (Å²) in [5, 5.41) is 15.8. The van der Waals surface area contributed by atoms with Crippen molar-refractivity contribution in [3.05, 3.63) is 54.4 Å². The number of amides is 1. The highest BCUT2D eigenvalue weighted by Gasteiger charge is 2.51. The second kappa shape index (κ2) is 8.96. The Bertz CT molecular complexity index is 1020. The monoisotopic (exact) mass is 441 g/mol. The third-order valence-corrected chi connectivity index (χ3v) is 5.87. The van der Waals surface area contributed by atoms with E-state index in [4.69, 9.17) is 14.2 Å². The van der Waals surface area contributed by atoms with E-state index in [1.807, 2.05) is 30.3 Å². The summed E-state index contributed by atoms with van der Waals surface area (Å²) in [7, 11) is 0. The van der Waals surface area contributed by atoms with Crippen LogP contribution in [0.3, 0.4) is 0 Å². The van der Waals surface area contributed by atoms with E-state index in [-0.39, 0.29) is 24.9 Å². The van der Waals surface area contributed by atoms with E-state index in [0.717, 1.165) is 5.56 Å². The first-order valence-electron chi connectivity index (χ1n) is 9.72. The van der Waals surface area contributed by atoms with E-state index in [2.05, 4.69) is 30.8 Å². The van der Waals surface area contributed by atoms with E-state index in [9.17, 15) is 4.79 Å². The number of alkyl carbamates (subject to hydrolysis) is 1. The number of rotatable bonds is 6. The zero-order valence-electron chi connectivity index (χ0n) is 16.3. The van der Waals surface area contributed by atoms with Crippen LogP contribution < -0.4 is 5.32 Å². The first-order chi connectivity index (χ1) is 15.3. The Hall–Kier alpha value is -3.09. The highest BCUT2D eigenvalue weighted by atomic mass is 32.2. The SMILES string of the molecule is O=C(NCc1ccccc1)O[C@H]1CO[C@@H]2[C@@H]1OC[C@@H]2n1nnnc1Sc1ncccn1. The summed E-state index contributed by atoms with van der Waals surface area (Å²) in [6.45, 7) is 0.976. The number of aromatic nitrogens is 6. The number of benzene rings is 1. The Morgan fingerprint density at radius 2 is 1.94 bits per heavy atom. The van der Waals surface area contributed by atoms with Gasteiger partial charge < -0.3 is 19.5 Å². The van der Waals surface area contributed by atoms with Gasteiger partial charge >= 0.3 is 6.09 Å². The molecule has 5 rings (SSSR count).